The lowest BCUT2D eigenvalue weighted by Crippen LogP contribution is -2.09. The fraction of sp³-hybridized carbons (Fsp3) is 0.312. The minimum atomic E-state index is 0.0664. The maximum Gasteiger partial charge on any atom is 0.227 e. The highest BCUT2D eigenvalue weighted by Crippen LogP contribution is 2.30. The fourth-order valence-corrected chi connectivity index (χ4v) is 2.91. The van der Waals surface area contributed by atoms with E-state index in [-0.39, 0.29) is 5.28 Å². The molecule has 2 N–H and O–H groups in total. The number of halogens is 1. The van der Waals surface area contributed by atoms with E-state index in [0.29, 0.717) is 53.9 Å². The normalized spacial score (nSPS) is 11.2. The zero-order chi connectivity index (χ0) is 19.5. The highest BCUT2D eigenvalue weighted by atomic mass is 35.5. The summed E-state index contributed by atoms with van der Waals surface area (Å²) in [5.41, 5.74) is 2.66. The number of aromatic nitrogens is 9. The van der Waals surface area contributed by atoms with Crippen molar-refractivity contribution in [2.45, 2.75) is 20.4 Å². The Balaban J connectivity index is 1.86. The molecular formula is C16H17ClN10O. The molecular weight excluding hydrogens is 384 g/mol. The predicted octanol–water partition coefficient (Wildman–Crippen LogP) is 2.14. The van der Waals surface area contributed by atoms with Gasteiger partial charge >= 0.3 is 0 Å². The van der Waals surface area contributed by atoms with Crippen LogP contribution in [0.3, 0.4) is 0 Å². The van der Waals surface area contributed by atoms with Crippen LogP contribution in [0.1, 0.15) is 12.5 Å². The van der Waals surface area contributed by atoms with Crippen molar-refractivity contribution in [1.29, 1.82) is 0 Å². The number of rotatable bonds is 7. The van der Waals surface area contributed by atoms with Crippen molar-refractivity contribution >= 4 is 34.3 Å². The summed E-state index contributed by atoms with van der Waals surface area (Å²) in [6.45, 7) is 5.49. The number of hydrogen-bond donors (Lipinski definition) is 2. The molecule has 11 nitrogen and oxygen atoms in total. The topological polar surface area (TPSA) is 132 Å². The third-order valence-corrected chi connectivity index (χ3v) is 4.10. The number of nitrogens with zero attached hydrogens (tertiary/aromatic N) is 8. The number of aromatic amines is 1. The monoisotopic (exact) mass is 400 g/mol. The molecule has 0 atom stereocenters. The van der Waals surface area contributed by atoms with Crippen LogP contribution in [0.25, 0.3) is 22.6 Å². The molecule has 0 aliphatic carbocycles. The Bertz CT molecular complexity index is 1090. The number of pyridine rings is 1. The second kappa shape index (κ2) is 7.82. The van der Waals surface area contributed by atoms with Crippen LogP contribution >= 0.6 is 11.6 Å². The Morgan fingerprint density at radius 3 is 2.96 bits per heavy atom. The molecule has 0 amide bonds. The number of nitrogens with one attached hydrogen (secondary N) is 2. The molecule has 144 valence electrons. The second-order valence-corrected chi connectivity index (χ2v) is 6.22. The van der Waals surface area contributed by atoms with E-state index in [9.17, 15) is 0 Å². The molecule has 4 aromatic heterocycles. The molecule has 0 saturated carbocycles. The van der Waals surface area contributed by atoms with E-state index in [2.05, 4.69) is 46.0 Å². The van der Waals surface area contributed by atoms with Gasteiger partial charge in [-0.3, -0.25) is 4.68 Å². The molecule has 0 spiro atoms. The summed E-state index contributed by atoms with van der Waals surface area (Å²) in [5.74, 6) is 1.43. The number of tetrazole rings is 1. The summed E-state index contributed by atoms with van der Waals surface area (Å²) in [6.07, 6.45) is 1.72. The molecule has 0 aromatic carbocycles. The number of ether oxygens (including phenoxy) is 1. The third-order valence-electron chi connectivity index (χ3n) is 3.93. The Morgan fingerprint density at radius 2 is 2.21 bits per heavy atom. The van der Waals surface area contributed by atoms with E-state index < -0.39 is 0 Å². The summed E-state index contributed by atoms with van der Waals surface area (Å²) >= 11 is 6.18. The van der Waals surface area contributed by atoms with E-state index >= 15 is 0 Å². The maximum absolute atomic E-state index is 6.18. The van der Waals surface area contributed by atoms with Crippen LogP contribution in [0.4, 0.5) is 11.6 Å². The van der Waals surface area contributed by atoms with Crippen molar-refractivity contribution < 1.29 is 4.74 Å². The minimum absolute atomic E-state index is 0.0664. The van der Waals surface area contributed by atoms with Gasteiger partial charge in [0.1, 0.15) is 16.9 Å². The Hall–Kier alpha value is -3.18. The summed E-state index contributed by atoms with van der Waals surface area (Å²) in [4.78, 5) is 13.0. The van der Waals surface area contributed by atoms with Gasteiger partial charge in [-0.1, -0.05) is 0 Å². The molecule has 4 heterocycles. The first kappa shape index (κ1) is 18.2. The van der Waals surface area contributed by atoms with Gasteiger partial charge in [-0.2, -0.15) is 15.3 Å². The first-order chi connectivity index (χ1) is 13.7. The van der Waals surface area contributed by atoms with Gasteiger partial charge in [0.2, 0.25) is 11.1 Å². The molecule has 0 aliphatic rings. The maximum atomic E-state index is 6.18. The standard InChI is InChI=1S/C16H17ClN10O/c1-3-28-7-6-27-13-11(12(24-27)14-22-25-26-23-14)20-16(17)21-15(13)19-10-8-9(2)4-5-18-10/h4-5,8H,3,6-7H2,1-2H3,(H,18,19,20,21)(H,22,23,25,26). The average molecular weight is 401 g/mol. The van der Waals surface area contributed by atoms with Crippen LogP contribution in [0.5, 0.6) is 0 Å². The van der Waals surface area contributed by atoms with Crippen LogP contribution in [0.15, 0.2) is 18.3 Å². The zero-order valence-corrected chi connectivity index (χ0v) is 16.0. The summed E-state index contributed by atoms with van der Waals surface area (Å²) in [5, 5.41) is 21.9. The van der Waals surface area contributed by atoms with Crippen molar-refractivity contribution in [2.75, 3.05) is 18.5 Å². The van der Waals surface area contributed by atoms with Gasteiger partial charge in [-0.05, 0) is 48.4 Å². The quantitative estimate of drug-likeness (QED) is 0.353. The molecule has 28 heavy (non-hydrogen) atoms. The molecule has 0 bridgehead atoms. The summed E-state index contributed by atoms with van der Waals surface area (Å²) < 4.78 is 7.21. The first-order valence-electron chi connectivity index (χ1n) is 8.61. The highest BCUT2D eigenvalue weighted by Gasteiger charge is 2.22. The third kappa shape index (κ3) is 3.62. The van der Waals surface area contributed by atoms with Crippen LogP contribution in [0.2, 0.25) is 5.28 Å². The van der Waals surface area contributed by atoms with Gasteiger partial charge in [0.25, 0.3) is 0 Å². The SMILES string of the molecule is CCOCCn1nc(-c2nn[nH]n2)c2nc(Cl)nc(Nc3cc(C)ccn3)c21. The number of fused-ring (bicyclic) bond motifs is 1. The number of H-pyrrole nitrogens is 1. The number of anilines is 2. The molecule has 0 aliphatic heterocycles. The molecule has 4 aromatic rings. The number of aryl methyl sites for hydroxylation is 1. The zero-order valence-electron chi connectivity index (χ0n) is 15.2. The predicted molar refractivity (Wildman–Crippen MR) is 102 cm³/mol. The summed E-state index contributed by atoms with van der Waals surface area (Å²) in [7, 11) is 0. The summed E-state index contributed by atoms with van der Waals surface area (Å²) in [6, 6.07) is 3.82. The van der Waals surface area contributed by atoms with Gasteiger partial charge in [0.05, 0.1) is 13.2 Å². The molecule has 0 saturated heterocycles. The van der Waals surface area contributed by atoms with Gasteiger partial charge < -0.3 is 10.1 Å². The lowest BCUT2D eigenvalue weighted by Gasteiger charge is -2.09. The molecule has 0 fully saturated rings. The number of hydrogen-bond acceptors (Lipinski definition) is 9. The van der Waals surface area contributed by atoms with Crippen LogP contribution in [-0.2, 0) is 11.3 Å². The van der Waals surface area contributed by atoms with E-state index in [1.165, 1.54) is 0 Å². The second-order valence-electron chi connectivity index (χ2n) is 5.89. The molecule has 0 radical (unpaired) electrons. The van der Waals surface area contributed by atoms with E-state index in [0.717, 1.165) is 5.56 Å². The van der Waals surface area contributed by atoms with Crippen molar-refractivity contribution in [3.63, 3.8) is 0 Å². The van der Waals surface area contributed by atoms with Crippen LogP contribution in [-0.4, -0.2) is 58.6 Å². The molecule has 0 unspecified atom stereocenters. The first-order valence-corrected chi connectivity index (χ1v) is 8.98. The van der Waals surface area contributed by atoms with Crippen molar-refractivity contribution in [1.82, 2.24) is 45.4 Å². The Labute approximate surface area is 164 Å². The van der Waals surface area contributed by atoms with Crippen molar-refractivity contribution in [2.24, 2.45) is 0 Å². The van der Waals surface area contributed by atoms with E-state index in [1.807, 2.05) is 26.0 Å². The Kier molecular flexibility index (Phi) is 5.08. The lowest BCUT2D eigenvalue weighted by atomic mass is 10.3. The van der Waals surface area contributed by atoms with Crippen LogP contribution < -0.4 is 5.32 Å². The van der Waals surface area contributed by atoms with E-state index in [1.54, 1.807) is 10.9 Å². The van der Waals surface area contributed by atoms with E-state index in [4.69, 9.17) is 16.3 Å². The van der Waals surface area contributed by atoms with Gasteiger partial charge in [-0.15, -0.1) is 10.2 Å². The van der Waals surface area contributed by atoms with Crippen molar-refractivity contribution in [3.8, 4) is 11.5 Å². The van der Waals surface area contributed by atoms with Gasteiger partial charge in [0, 0.05) is 12.8 Å². The Morgan fingerprint density at radius 1 is 1.32 bits per heavy atom. The molecule has 4 rings (SSSR count). The van der Waals surface area contributed by atoms with Crippen LogP contribution in [0, 0.1) is 6.92 Å². The smallest absolute Gasteiger partial charge is 0.227 e. The minimum Gasteiger partial charge on any atom is -0.380 e. The molecule has 12 heteroatoms. The lowest BCUT2D eigenvalue weighted by molar-refractivity contribution is 0.137. The largest absolute Gasteiger partial charge is 0.380 e. The highest BCUT2D eigenvalue weighted by molar-refractivity contribution is 6.29. The fourth-order valence-electron chi connectivity index (χ4n) is 2.74. The van der Waals surface area contributed by atoms with Gasteiger partial charge in [0.15, 0.2) is 11.5 Å². The van der Waals surface area contributed by atoms with Crippen molar-refractivity contribution in [3.05, 3.63) is 29.2 Å². The average Bonchev–Trinajstić information content (AvgIpc) is 3.30. The van der Waals surface area contributed by atoms with Gasteiger partial charge in [-0.25, -0.2) is 9.97 Å².